The Labute approximate surface area is 182 Å². The van der Waals surface area contributed by atoms with Crippen LogP contribution in [-0.2, 0) is 4.79 Å². The zero-order valence-corrected chi connectivity index (χ0v) is 19.1. The molecule has 170 valence electrons. The number of hydrogen-bond acceptors (Lipinski definition) is 4. The van der Waals surface area contributed by atoms with Crippen molar-refractivity contribution in [3.05, 3.63) is 0 Å². The molecule has 4 saturated carbocycles. The molecule has 7 unspecified atom stereocenters. The van der Waals surface area contributed by atoms with Crippen molar-refractivity contribution in [3.8, 4) is 0 Å². The summed E-state index contributed by atoms with van der Waals surface area (Å²) < 4.78 is 0. The van der Waals surface area contributed by atoms with Crippen LogP contribution < -0.4 is 5.32 Å². The van der Waals surface area contributed by atoms with Gasteiger partial charge in [-0.3, -0.25) is 4.79 Å². The number of rotatable bonds is 4. The van der Waals surface area contributed by atoms with Crippen LogP contribution in [0.4, 0.5) is 0 Å². The molecule has 0 radical (unpaired) electrons. The molecule has 1 saturated heterocycles. The fraction of sp³-hybridized carbons (Fsp3) is 0.962. The molecule has 1 aliphatic heterocycles. The van der Waals surface area contributed by atoms with E-state index in [0.717, 1.165) is 31.1 Å². The summed E-state index contributed by atoms with van der Waals surface area (Å²) in [4.78, 5) is 12.7. The van der Waals surface area contributed by atoms with Gasteiger partial charge in [-0.1, -0.05) is 20.3 Å². The number of carbonyl (C=O) groups excluding carboxylic acids is 1. The van der Waals surface area contributed by atoms with Gasteiger partial charge in [0.15, 0.2) is 0 Å². The molecule has 5 fully saturated rings. The highest BCUT2D eigenvalue weighted by atomic mass is 16.3. The number of fused-ring (bicyclic) bond motifs is 5. The zero-order chi connectivity index (χ0) is 21.1. The van der Waals surface area contributed by atoms with Crippen molar-refractivity contribution in [2.45, 2.75) is 84.2 Å². The van der Waals surface area contributed by atoms with Gasteiger partial charge in [-0.15, -0.1) is 0 Å². The monoisotopic (exact) mass is 417 g/mol. The van der Waals surface area contributed by atoms with Crippen LogP contribution in [0.25, 0.3) is 0 Å². The second-order valence-corrected chi connectivity index (χ2v) is 12.2. The quantitative estimate of drug-likeness (QED) is 0.651. The Bertz CT molecular complexity index is 661. The van der Waals surface area contributed by atoms with E-state index in [1.165, 1.54) is 51.6 Å². The lowest BCUT2D eigenvalue weighted by Crippen LogP contribution is -2.62. The first-order chi connectivity index (χ1) is 14.4. The topological polar surface area (TPSA) is 69.6 Å². The Morgan fingerprint density at radius 1 is 1.00 bits per heavy atom. The van der Waals surface area contributed by atoms with Crippen LogP contribution in [0.3, 0.4) is 0 Å². The van der Waals surface area contributed by atoms with E-state index in [1.807, 2.05) is 0 Å². The molecule has 5 aliphatic rings. The highest BCUT2D eigenvalue weighted by Gasteiger charge is 2.64. The molecule has 3 N–H and O–H groups in total. The van der Waals surface area contributed by atoms with Gasteiger partial charge in [-0.2, -0.15) is 0 Å². The van der Waals surface area contributed by atoms with Crippen molar-refractivity contribution in [2.75, 3.05) is 19.7 Å². The van der Waals surface area contributed by atoms with E-state index in [0.29, 0.717) is 30.0 Å². The van der Waals surface area contributed by atoms with E-state index >= 15 is 0 Å². The van der Waals surface area contributed by atoms with Crippen molar-refractivity contribution in [2.24, 2.45) is 52.3 Å². The van der Waals surface area contributed by atoms with Gasteiger partial charge >= 0.3 is 0 Å². The van der Waals surface area contributed by atoms with E-state index in [-0.39, 0.29) is 29.3 Å². The standard InChI is InChI=1S/C26H43NO3/c1-25-10-7-16(3-4-17-9-12-27-14-17)13-21(25)18(15-28)24(30)23-19-5-6-22(29)26(19,2)11-8-20(23)25/h16-21,23-24,27-28,30H,3-15H2,1-2H3/t16-,17?,18?,19?,20?,21?,23?,24?,25+,26-/m0/s1. The molecule has 30 heavy (non-hydrogen) atoms. The number of ketones is 1. The van der Waals surface area contributed by atoms with Crippen LogP contribution in [0.2, 0.25) is 0 Å². The molecule has 4 nitrogen and oxygen atoms in total. The number of carbonyl (C=O) groups is 1. The molecule has 5 rings (SSSR count). The van der Waals surface area contributed by atoms with Crippen molar-refractivity contribution < 1.29 is 15.0 Å². The average molecular weight is 418 g/mol. The SMILES string of the molecule is C[C@]12CC[C@H](CCC3CCNC3)CC1C(CO)C(O)C1C2CC[C@]2(C)C(=O)CCC12. The molecule has 10 atom stereocenters. The predicted molar refractivity (Wildman–Crippen MR) is 118 cm³/mol. The Hall–Kier alpha value is -0.450. The fourth-order valence-electron chi connectivity index (χ4n) is 9.24. The third-order valence-electron chi connectivity index (χ3n) is 11.1. The number of nitrogens with one attached hydrogen (secondary N) is 1. The lowest BCUT2D eigenvalue weighted by molar-refractivity contribution is -0.201. The summed E-state index contributed by atoms with van der Waals surface area (Å²) in [7, 11) is 0. The molecule has 0 aromatic carbocycles. The first kappa shape index (κ1) is 21.4. The Morgan fingerprint density at radius 3 is 2.53 bits per heavy atom. The summed E-state index contributed by atoms with van der Waals surface area (Å²) in [6.07, 6.45) is 11.0. The van der Waals surface area contributed by atoms with Gasteiger partial charge in [0.05, 0.1) is 6.10 Å². The van der Waals surface area contributed by atoms with Crippen molar-refractivity contribution in [1.29, 1.82) is 0 Å². The summed E-state index contributed by atoms with van der Waals surface area (Å²) >= 11 is 0. The number of Topliss-reactive ketones (excluding diaryl/α,β-unsaturated/α-hetero) is 1. The largest absolute Gasteiger partial charge is 0.396 e. The zero-order valence-electron chi connectivity index (χ0n) is 19.1. The highest BCUT2D eigenvalue weighted by molar-refractivity contribution is 5.87. The summed E-state index contributed by atoms with van der Waals surface area (Å²) in [6.45, 7) is 7.13. The smallest absolute Gasteiger partial charge is 0.139 e. The van der Waals surface area contributed by atoms with Gasteiger partial charge in [0, 0.05) is 24.4 Å². The predicted octanol–water partition coefficient (Wildman–Crippen LogP) is 3.79. The first-order valence-electron chi connectivity index (χ1n) is 12.9. The molecule has 1 heterocycles. The minimum atomic E-state index is -0.439. The molecule has 0 aromatic heterocycles. The minimum absolute atomic E-state index is 0.00903. The van der Waals surface area contributed by atoms with Gasteiger partial charge in [0.1, 0.15) is 5.78 Å². The maximum Gasteiger partial charge on any atom is 0.139 e. The average Bonchev–Trinajstić information content (AvgIpc) is 3.36. The van der Waals surface area contributed by atoms with Crippen LogP contribution in [0, 0.1) is 52.3 Å². The van der Waals surface area contributed by atoms with Crippen LogP contribution in [0.1, 0.15) is 78.1 Å². The van der Waals surface area contributed by atoms with E-state index in [2.05, 4.69) is 19.2 Å². The molecule has 0 amide bonds. The highest BCUT2D eigenvalue weighted by Crippen LogP contribution is 2.67. The van der Waals surface area contributed by atoms with E-state index in [4.69, 9.17) is 0 Å². The lowest BCUT2D eigenvalue weighted by Gasteiger charge is -2.64. The van der Waals surface area contributed by atoms with Crippen LogP contribution in [0.5, 0.6) is 0 Å². The van der Waals surface area contributed by atoms with Crippen molar-refractivity contribution in [1.82, 2.24) is 5.32 Å². The van der Waals surface area contributed by atoms with Crippen molar-refractivity contribution >= 4 is 5.78 Å². The Kier molecular flexibility index (Phi) is 5.60. The van der Waals surface area contributed by atoms with Gasteiger partial charge in [-0.25, -0.2) is 0 Å². The number of aliphatic hydroxyl groups is 2. The third kappa shape index (κ3) is 3.15. The maximum atomic E-state index is 12.7. The molecule has 0 aromatic rings. The van der Waals surface area contributed by atoms with Gasteiger partial charge < -0.3 is 15.5 Å². The number of hydrogen-bond donors (Lipinski definition) is 3. The fourth-order valence-corrected chi connectivity index (χ4v) is 9.24. The molecular weight excluding hydrogens is 374 g/mol. The van der Waals surface area contributed by atoms with Gasteiger partial charge in [0.2, 0.25) is 0 Å². The Morgan fingerprint density at radius 2 is 1.80 bits per heavy atom. The van der Waals surface area contributed by atoms with E-state index in [9.17, 15) is 15.0 Å². The van der Waals surface area contributed by atoms with E-state index in [1.54, 1.807) is 0 Å². The second kappa shape index (κ2) is 7.85. The molecule has 0 spiro atoms. The molecule has 0 bridgehead atoms. The van der Waals surface area contributed by atoms with Gasteiger partial charge in [0.25, 0.3) is 0 Å². The normalized spacial score (nSPS) is 53.3. The van der Waals surface area contributed by atoms with Crippen LogP contribution in [0.15, 0.2) is 0 Å². The van der Waals surface area contributed by atoms with Crippen LogP contribution >= 0.6 is 0 Å². The van der Waals surface area contributed by atoms with E-state index < -0.39 is 6.10 Å². The van der Waals surface area contributed by atoms with Crippen molar-refractivity contribution in [3.63, 3.8) is 0 Å². The van der Waals surface area contributed by atoms with Gasteiger partial charge in [-0.05, 0) is 105 Å². The third-order valence-corrected chi connectivity index (χ3v) is 11.1. The molecule has 4 heteroatoms. The summed E-state index contributed by atoms with van der Waals surface area (Å²) in [6, 6.07) is 0. The summed E-state index contributed by atoms with van der Waals surface area (Å²) in [5.41, 5.74) is -0.00640. The molecular formula is C26H43NO3. The summed E-state index contributed by atoms with van der Waals surface area (Å²) in [5, 5.41) is 25.5. The minimum Gasteiger partial charge on any atom is -0.396 e. The first-order valence-corrected chi connectivity index (χ1v) is 12.9. The van der Waals surface area contributed by atoms with Crippen LogP contribution in [-0.4, -0.2) is 41.8 Å². The number of aliphatic hydroxyl groups excluding tert-OH is 2. The Balaban J connectivity index is 1.36. The summed E-state index contributed by atoms with van der Waals surface area (Å²) in [5.74, 6) is 3.49. The second-order valence-electron chi connectivity index (χ2n) is 12.2. The molecule has 4 aliphatic carbocycles. The maximum absolute atomic E-state index is 12.7. The lowest BCUT2D eigenvalue weighted by atomic mass is 9.41.